The first kappa shape index (κ1) is 14.2. The van der Waals surface area contributed by atoms with Crippen LogP contribution < -0.4 is 5.73 Å². The first-order valence-electron chi connectivity index (χ1n) is 5.55. The number of carbonyl (C=O) groups is 3. The number of carboxylic acid groups (broad SMARTS) is 1. The fourth-order valence-electron chi connectivity index (χ4n) is 1.73. The van der Waals surface area contributed by atoms with Gasteiger partial charge in [-0.1, -0.05) is 0 Å². The van der Waals surface area contributed by atoms with Gasteiger partial charge in [-0.2, -0.15) is 0 Å². The summed E-state index contributed by atoms with van der Waals surface area (Å²) in [5.41, 5.74) is 4.99. The van der Waals surface area contributed by atoms with Crippen molar-refractivity contribution in [3.05, 3.63) is 0 Å². The minimum absolute atomic E-state index is 0.108. The monoisotopic (exact) mass is 259 g/mol. The Hall–Kier alpha value is -1.83. The molecule has 0 aliphatic carbocycles. The van der Waals surface area contributed by atoms with Crippen molar-refractivity contribution in [2.45, 2.75) is 13.0 Å². The third kappa shape index (κ3) is 4.21. The van der Waals surface area contributed by atoms with Crippen molar-refractivity contribution >= 4 is 17.9 Å². The van der Waals surface area contributed by atoms with E-state index in [2.05, 4.69) is 0 Å². The maximum atomic E-state index is 12.0. The Labute approximate surface area is 104 Å². The number of rotatable bonds is 4. The van der Waals surface area contributed by atoms with E-state index < -0.39 is 31.0 Å². The molecule has 0 saturated carbocycles. The number of urea groups is 1. The molecule has 1 unspecified atom stereocenters. The highest BCUT2D eigenvalue weighted by Gasteiger charge is 2.27. The first-order valence-corrected chi connectivity index (χ1v) is 5.55. The second-order valence-corrected chi connectivity index (χ2v) is 4.13. The summed E-state index contributed by atoms with van der Waals surface area (Å²) >= 11 is 0. The molecule has 8 nitrogen and oxygen atoms in total. The third-order valence-electron chi connectivity index (χ3n) is 2.45. The van der Waals surface area contributed by atoms with Gasteiger partial charge in [-0.25, -0.2) is 4.79 Å². The largest absolute Gasteiger partial charge is 0.480 e. The maximum absolute atomic E-state index is 12.0. The van der Waals surface area contributed by atoms with Crippen molar-refractivity contribution in [1.82, 2.24) is 9.80 Å². The molecular weight excluding hydrogens is 242 g/mol. The molecule has 3 amide bonds. The summed E-state index contributed by atoms with van der Waals surface area (Å²) in [5, 5.41) is 8.71. The topological polar surface area (TPSA) is 113 Å². The lowest BCUT2D eigenvalue weighted by molar-refractivity contribution is -0.138. The van der Waals surface area contributed by atoms with Gasteiger partial charge in [0.15, 0.2) is 0 Å². The van der Waals surface area contributed by atoms with Gasteiger partial charge in [0.05, 0.1) is 12.7 Å². The average Bonchev–Trinajstić information content (AvgIpc) is 2.26. The van der Waals surface area contributed by atoms with Gasteiger partial charge < -0.3 is 25.4 Å². The Morgan fingerprint density at radius 1 is 1.44 bits per heavy atom. The molecule has 1 saturated heterocycles. The summed E-state index contributed by atoms with van der Waals surface area (Å²) < 4.78 is 5.28. The molecule has 0 aromatic rings. The number of amides is 3. The Kier molecular flexibility index (Phi) is 4.90. The Balaban J connectivity index is 2.67. The van der Waals surface area contributed by atoms with Gasteiger partial charge in [0.2, 0.25) is 5.91 Å². The van der Waals surface area contributed by atoms with E-state index in [1.807, 2.05) is 6.92 Å². The number of carboxylic acids is 1. The molecule has 1 fully saturated rings. The molecule has 1 aliphatic rings. The van der Waals surface area contributed by atoms with Crippen molar-refractivity contribution in [1.29, 1.82) is 0 Å². The Morgan fingerprint density at radius 2 is 2.11 bits per heavy atom. The van der Waals surface area contributed by atoms with Crippen molar-refractivity contribution in [3.8, 4) is 0 Å². The molecule has 0 aromatic heterocycles. The number of primary amides is 1. The molecule has 102 valence electrons. The van der Waals surface area contributed by atoms with Crippen LogP contribution in [0.1, 0.15) is 6.92 Å². The minimum Gasteiger partial charge on any atom is -0.480 e. The highest BCUT2D eigenvalue weighted by Crippen LogP contribution is 2.07. The standard InChI is InChI=1S/C10H17N3O5/c1-7-4-12(2-3-18-7)10(17)13(5-8(11)14)6-9(15)16/h7H,2-6H2,1H3,(H2,11,14)(H,15,16). The van der Waals surface area contributed by atoms with E-state index in [9.17, 15) is 14.4 Å². The Bertz CT molecular complexity index is 330. The van der Waals surface area contributed by atoms with Crippen LogP contribution in [0.3, 0.4) is 0 Å². The summed E-state index contributed by atoms with van der Waals surface area (Å²) in [7, 11) is 0. The van der Waals surface area contributed by atoms with Crippen molar-refractivity contribution in [2.75, 3.05) is 32.8 Å². The smallest absolute Gasteiger partial charge is 0.323 e. The fraction of sp³-hybridized carbons (Fsp3) is 0.700. The van der Waals surface area contributed by atoms with Crippen LogP contribution in [0.15, 0.2) is 0 Å². The molecule has 0 aromatic carbocycles. The number of nitrogens with zero attached hydrogens (tertiary/aromatic N) is 2. The van der Waals surface area contributed by atoms with Crippen LogP contribution in [0.4, 0.5) is 4.79 Å². The summed E-state index contributed by atoms with van der Waals surface area (Å²) in [6.45, 7) is 2.00. The van der Waals surface area contributed by atoms with Gasteiger partial charge in [-0.15, -0.1) is 0 Å². The van der Waals surface area contributed by atoms with E-state index in [1.165, 1.54) is 4.90 Å². The van der Waals surface area contributed by atoms with E-state index in [-0.39, 0.29) is 6.10 Å². The summed E-state index contributed by atoms with van der Waals surface area (Å²) in [6, 6.07) is -0.508. The number of hydrogen-bond acceptors (Lipinski definition) is 4. The molecule has 1 rings (SSSR count). The predicted octanol–water partition coefficient (Wildman–Crippen LogP) is -1.30. The van der Waals surface area contributed by atoms with Crippen LogP contribution in [-0.4, -0.2) is 71.7 Å². The van der Waals surface area contributed by atoms with Gasteiger partial charge in [-0.05, 0) is 6.92 Å². The third-order valence-corrected chi connectivity index (χ3v) is 2.45. The molecule has 18 heavy (non-hydrogen) atoms. The lowest BCUT2D eigenvalue weighted by Crippen LogP contribution is -2.53. The average molecular weight is 259 g/mol. The summed E-state index contributed by atoms with van der Waals surface area (Å²) in [5.74, 6) is -1.93. The molecule has 0 bridgehead atoms. The van der Waals surface area contributed by atoms with Crippen LogP contribution in [-0.2, 0) is 14.3 Å². The molecule has 1 aliphatic heterocycles. The Morgan fingerprint density at radius 3 is 2.61 bits per heavy atom. The summed E-state index contributed by atoms with van der Waals surface area (Å²) in [4.78, 5) is 35.9. The second kappa shape index (κ2) is 6.20. The zero-order chi connectivity index (χ0) is 13.7. The normalized spacial score (nSPS) is 19.4. The maximum Gasteiger partial charge on any atom is 0.323 e. The van der Waals surface area contributed by atoms with Gasteiger partial charge in [0.1, 0.15) is 13.1 Å². The van der Waals surface area contributed by atoms with Crippen LogP contribution in [0.2, 0.25) is 0 Å². The second-order valence-electron chi connectivity index (χ2n) is 4.13. The number of hydrogen-bond donors (Lipinski definition) is 2. The molecule has 0 radical (unpaired) electrons. The van der Waals surface area contributed by atoms with E-state index >= 15 is 0 Å². The van der Waals surface area contributed by atoms with Crippen molar-refractivity contribution < 1.29 is 24.2 Å². The van der Waals surface area contributed by atoms with E-state index in [0.717, 1.165) is 4.90 Å². The number of carbonyl (C=O) groups excluding carboxylic acids is 2. The molecule has 1 heterocycles. The number of morpholine rings is 1. The predicted molar refractivity (Wildman–Crippen MR) is 60.8 cm³/mol. The molecule has 8 heteroatoms. The van der Waals surface area contributed by atoms with E-state index in [1.54, 1.807) is 0 Å². The number of ether oxygens (including phenoxy) is 1. The number of nitrogens with two attached hydrogens (primary N) is 1. The van der Waals surface area contributed by atoms with Crippen molar-refractivity contribution in [2.24, 2.45) is 5.73 Å². The van der Waals surface area contributed by atoms with Gasteiger partial charge in [0, 0.05) is 13.1 Å². The first-order chi connectivity index (χ1) is 8.40. The zero-order valence-corrected chi connectivity index (χ0v) is 10.2. The van der Waals surface area contributed by atoms with Crippen molar-refractivity contribution in [3.63, 3.8) is 0 Å². The quantitative estimate of drug-likeness (QED) is 0.651. The van der Waals surface area contributed by atoms with Crippen LogP contribution in [0, 0.1) is 0 Å². The lowest BCUT2D eigenvalue weighted by Gasteiger charge is -2.34. The molecular formula is C10H17N3O5. The summed E-state index contributed by atoms with van der Waals surface area (Å²) in [6.07, 6.45) is -0.108. The van der Waals surface area contributed by atoms with Gasteiger partial charge >= 0.3 is 12.0 Å². The van der Waals surface area contributed by atoms with Crippen LogP contribution >= 0.6 is 0 Å². The number of aliphatic carboxylic acids is 1. The lowest BCUT2D eigenvalue weighted by atomic mass is 10.3. The highest BCUT2D eigenvalue weighted by molar-refractivity contribution is 5.86. The van der Waals surface area contributed by atoms with Crippen LogP contribution in [0.5, 0.6) is 0 Å². The molecule has 0 spiro atoms. The van der Waals surface area contributed by atoms with E-state index in [0.29, 0.717) is 19.7 Å². The van der Waals surface area contributed by atoms with Crippen LogP contribution in [0.25, 0.3) is 0 Å². The highest BCUT2D eigenvalue weighted by atomic mass is 16.5. The van der Waals surface area contributed by atoms with E-state index in [4.69, 9.17) is 15.6 Å². The molecule has 1 atom stereocenters. The fourth-order valence-corrected chi connectivity index (χ4v) is 1.73. The SMILES string of the molecule is CC1CN(C(=O)N(CC(N)=O)CC(=O)O)CCO1. The molecule has 3 N–H and O–H groups in total. The minimum atomic E-state index is -1.19. The van der Waals surface area contributed by atoms with Gasteiger partial charge in [-0.3, -0.25) is 9.59 Å². The zero-order valence-electron chi connectivity index (χ0n) is 10.2. The van der Waals surface area contributed by atoms with Gasteiger partial charge in [0.25, 0.3) is 0 Å².